The number of halogens is 1. The van der Waals surface area contributed by atoms with Crippen LogP contribution in [0.15, 0.2) is 41.3 Å². The Morgan fingerprint density at radius 2 is 2.00 bits per heavy atom. The standard InChI is InChI=1S/C16H16FN3O3S/c1-10-3-2-4-15(18-10)19-16(21)11-5-8-13(17)14(9-11)24(22,23)20-12-6-7-12/h2-5,8-9,12,20H,6-7H2,1H3,(H,18,19,21). The SMILES string of the molecule is Cc1cccc(NC(=O)c2ccc(F)c(S(=O)(=O)NC3CC3)c2)n1. The van der Waals surface area contributed by atoms with Crippen LogP contribution >= 0.6 is 0 Å². The molecule has 6 nitrogen and oxygen atoms in total. The Balaban J connectivity index is 1.86. The van der Waals surface area contributed by atoms with Crippen LogP contribution < -0.4 is 10.0 Å². The van der Waals surface area contributed by atoms with Crippen molar-refractivity contribution in [3.63, 3.8) is 0 Å². The minimum Gasteiger partial charge on any atom is -0.307 e. The van der Waals surface area contributed by atoms with E-state index in [0.29, 0.717) is 5.82 Å². The summed E-state index contributed by atoms with van der Waals surface area (Å²) in [5.41, 5.74) is 0.764. The van der Waals surface area contributed by atoms with E-state index in [9.17, 15) is 17.6 Å². The molecule has 0 radical (unpaired) electrons. The van der Waals surface area contributed by atoms with E-state index in [-0.39, 0.29) is 11.6 Å². The molecule has 3 rings (SSSR count). The maximum absolute atomic E-state index is 13.9. The summed E-state index contributed by atoms with van der Waals surface area (Å²) in [5.74, 6) is -1.12. The van der Waals surface area contributed by atoms with Crippen molar-refractivity contribution in [1.29, 1.82) is 0 Å². The molecule has 1 amide bonds. The van der Waals surface area contributed by atoms with Crippen molar-refractivity contribution < 1.29 is 17.6 Å². The van der Waals surface area contributed by atoms with Crippen molar-refractivity contribution in [2.75, 3.05) is 5.32 Å². The highest BCUT2D eigenvalue weighted by atomic mass is 32.2. The molecule has 1 aromatic heterocycles. The number of amides is 1. The minimum atomic E-state index is -3.98. The molecule has 1 aromatic carbocycles. The second-order valence-electron chi connectivity index (χ2n) is 5.66. The van der Waals surface area contributed by atoms with E-state index < -0.39 is 26.6 Å². The zero-order valence-corrected chi connectivity index (χ0v) is 13.7. The van der Waals surface area contributed by atoms with Crippen LogP contribution in [0.25, 0.3) is 0 Å². The molecule has 8 heteroatoms. The Morgan fingerprint density at radius 3 is 2.67 bits per heavy atom. The van der Waals surface area contributed by atoms with E-state index in [2.05, 4.69) is 15.0 Å². The van der Waals surface area contributed by atoms with Crippen molar-refractivity contribution in [3.8, 4) is 0 Å². The molecule has 0 spiro atoms. The number of nitrogens with one attached hydrogen (secondary N) is 2. The van der Waals surface area contributed by atoms with Crippen molar-refractivity contribution in [2.45, 2.75) is 30.7 Å². The van der Waals surface area contributed by atoms with Gasteiger partial charge in [-0.1, -0.05) is 6.07 Å². The first kappa shape index (κ1) is 16.5. The van der Waals surface area contributed by atoms with Gasteiger partial charge in [0.1, 0.15) is 16.5 Å². The van der Waals surface area contributed by atoms with Gasteiger partial charge in [-0.05, 0) is 50.1 Å². The number of rotatable bonds is 5. The molecule has 0 unspecified atom stereocenters. The van der Waals surface area contributed by atoms with Crippen molar-refractivity contribution >= 4 is 21.7 Å². The fraction of sp³-hybridized carbons (Fsp3) is 0.250. The van der Waals surface area contributed by atoms with Gasteiger partial charge < -0.3 is 5.32 Å². The Bertz CT molecular complexity index is 895. The smallest absolute Gasteiger partial charge is 0.256 e. The molecule has 1 aliphatic carbocycles. The van der Waals surface area contributed by atoms with Crippen LogP contribution in [0.1, 0.15) is 28.9 Å². The van der Waals surface area contributed by atoms with E-state index >= 15 is 0 Å². The number of hydrogen-bond acceptors (Lipinski definition) is 4. The molecular formula is C16H16FN3O3S. The van der Waals surface area contributed by atoms with Crippen LogP contribution in [0.3, 0.4) is 0 Å². The lowest BCUT2D eigenvalue weighted by Crippen LogP contribution is -2.27. The number of benzene rings is 1. The maximum Gasteiger partial charge on any atom is 0.256 e. The third-order valence-electron chi connectivity index (χ3n) is 3.51. The van der Waals surface area contributed by atoms with Gasteiger partial charge in [-0.2, -0.15) is 0 Å². The molecule has 0 aliphatic heterocycles. The number of hydrogen-bond donors (Lipinski definition) is 2. The zero-order chi connectivity index (χ0) is 17.3. The molecule has 1 saturated carbocycles. The lowest BCUT2D eigenvalue weighted by atomic mass is 10.2. The maximum atomic E-state index is 13.9. The summed E-state index contributed by atoms with van der Waals surface area (Å²) in [6.45, 7) is 1.78. The third-order valence-corrected chi connectivity index (χ3v) is 5.05. The lowest BCUT2D eigenvalue weighted by Gasteiger charge is -2.09. The number of anilines is 1. The van der Waals surface area contributed by atoms with E-state index in [4.69, 9.17) is 0 Å². The summed E-state index contributed by atoms with van der Waals surface area (Å²) in [6.07, 6.45) is 1.47. The molecule has 0 bridgehead atoms. The summed E-state index contributed by atoms with van der Waals surface area (Å²) in [4.78, 5) is 15.9. The van der Waals surface area contributed by atoms with Gasteiger partial charge in [0.05, 0.1) is 0 Å². The lowest BCUT2D eigenvalue weighted by molar-refractivity contribution is 0.102. The zero-order valence-electron chi connectivity index (χ0n) is 12.9. The summed E-state index contributed by atoms with van der Waals surface area (Å²) >= 11 is 0. The average molecular weight is 349 g/mol. The Labute approximate surface area is 139 Å². The Kier molecular flexibility index (Phi) is 4.33. The number of pyridine rings is 1. The highest BCUT2D eigenvalue weighted by Gasteiger charge is 2.30. The fourth-order valence-corrected chi connectivity index (χ4v) is 3.54. The van der Waals surface area contributed by atoms with Gasteiger partial charge in [0.2, 0.25) is 10.0 Å². The minimum absolute atomic E-state index is 0.0379. The third kappa shape index (κ3) is 3.77. The number of sulfonamides is 1. The summed E-state index contributed by atoms with van der Waals surface area (Å²) in [6, 6.07) is 8.21. The molecule has 1 heterocycles. The molecule has 24 heavy (non-hydrogen) atoms. The molecule has 0 atom stereocenters. The van der Waals surface area contributed by atoms with E-state index in [1.165, 1.54) is 6.07 Å². The normalized spacial score (nSPS) is 14.4. The highest BCUT2D eigenvalue weighted by molar-refractivity contribution is 7.89. The quantitative estimate of drug-likeness (QED) is 0.866. The molecular weight excluding hydrogens is 333 g/mol. The number of carbonyl (C=O) groups is 1. The highest BCUT2D eigenvalue weighted by Crippen LogP contribution is 2.24. The summed E-state index contributed by atoms with van der Waals surface area (Å²) in [5, 5.41) is 2.56. The van der Waals surface area contributed by atoms with E-state index in [1.807, 2.05) is 0 Å². The summed E-state index contributed by atoms with van der Waals surface area (Å²) in [7, 11) is -3.98. The monoisotopic (exact) mass is 349 g/mol. The van der Waals surface area contributed by atoms with Gasteiger partial charge in [0.15, 0.2) is 0 Å². The average Bonchev–Trinajstić information content (AvgIpc) is 3.30. The predicted molar refractivity (Wildman–Crippen MR) is 86.7 cm³/mol. The van der Waals surface area contributed by atoms with Crippen LogP contribution in [0.4, 0.5) is 10.2 Å². The van der Waals surface area contributed by atoms with Crippen molar-refractivity contribution in [3.05, 3.63) is 53.5 Å². The van der Waals surface area contributed by atoms with E-state index in [0.717, 1.165) is 30.7 Å². The van der Waals surface area contributed by atoms with Crippen molar-refractivity contribution in [1.82, 2.24) is 9.71 Å². The number of nitrogens with zero attached hydrogens (tertiary/aromatic N) is 1. The molecule has 2 aromatic rings. The van der Waals surface area contributed by atoms with Gasteiger partial charge in [0, 0.05) is 17.3 Å². The van der Waals surface area contributed by atoms with Crippen LogP contribution in [0.5, 0.6) is 0 Å². The number of carbonyl (C=O) groups excluding carboxylic acids is 1. The molecule has 0 saturated heterocycles. The van der Waals surface area contributed by atoms with Gasteiger partial charge in [-0.3, -0.25) is 4.79 Å². The fourth-order valence-electron chi connectivity index (χ4n) is 2.14. The van der Waals surface area contributed by atoms with Crippen LogP contribution in [0, 0.1) is 12.7 Å². The Hall–Kier alpha value is -2.32. The number of aryl methyl sites for hydroxylation is 1. The van der Waals surface area contributed by atoms with Crippen LogP contribution in [-0.4, -0.2) is 25.4 Å². The first-order valence-corrected chi connectivity index (χ1v) is 8.90. The number of aromatic nitrogens is 1. The van der Waals surface area contributed by atoms with Gasteiger partial charge in [0.25, 0.3) is 5.91 Å². The molecule has 2 N–H and O–H groups in total. The largest absolute Gasteiger partial charge is 0.307 e. The topological polar surface area (TPSA) is 88.2 Å². The van der Waals surface area contributed by atoms with Crippen molar-refractivity contribution in [2.24, 2.45) is 0 Å². The molecule has 1 aliphatic rings. The predicted octanol–water partition coefficient (Wildman–Crippen LogP) is 2.22. The molecule has 1 fully saturated rings. The molecule has 126 valence electrons. The van der Waals surface area contributed by atoms with Gasteiger partial charge in [-0.25, -0.2) is 22.5 Å². The second-order valence-corrected chi connectivity index (χ2v) is 7.34. The van der Waals surface area contributed by atoms with Crippen LogP contribution in [-0.2, 0) is 10.0 Å². The van der Waals surface area contributed by atoms with Gasteiger partial charge in [-0.15, -0.1) is 0 Å². The van der Waals surface area contributed by atoms with Crippen LogP contribution in [0.2, 0.25) is 0 Å². The summed E-state index contributed by atoms with van der Waals surface area (Å²) < 4.78 is 40.7. The first-order chi connectivity index (χ1) is 11.3. The van der Waals surface area contributed by atoms with E-state index in [1.54, 1.807) is 25.1 Å². The first-order valence-electron chi connectivity index (χ1n) is 7.42. The van der Waals surface area contributed by atoms with Gasteiger partial charge >= 0.3 is 0 Å². The second kappa shape index (κ2) is 6.29. The Morgan fingerprint density at radius 1 is 1.25 bits per heavy atom.